The molecule has 0 unspecified atom stereocenters. The average molecular weight is 440 g/mol. The molecule has 2 aromatic heterocycles. The van der Waals surface area contributed by atoms with E-state index in [0.717, 1.165) is 43.0 Å². The van der Waals surface area contributed by atoms with Crippen LogP contribution in [0.3, 0.4) is 0 Å². The van der Waals surface area contributed by atoms with Gasteiger partial charge in [-0.25, -0.2) is 19.4 Å². The van der Waals surface area contributed by atoms with Gasteiger partial charge in [0.15, 0.2) is 0 Å². The number of rotatable bonds is 5. The van der Waals surface area contributed by atoms with Crippen molar-refractivity contribution in [3.8, 4) is 5.69 Å². The molecule has 1 fully saturated rings. The fraction of sp³-hybridized carbons (Fsp3) is 0.391. The lowest BCUT2D eigenvalue weighted by atomic mass is 10.0. The Labute approximate surface area is 187 Å². The van der Waals surface area contributed by atoms with Gasteiger partial charge in [0, 0.05) is 32.1 Å². The zero-order valence-corrected chi connectivity index (χ0v) is 18.7. The molecule has 8 heteroatoms. The molecular formula is C23H26ClN5O2. The van der Waals surface area contributed by atoms with Crippen molar-refractivity contribution in [1.29, 1.82) is 0 Å². The van der Waals surface area contributed by atoms with Crippen LogP contribution in [-0.2, 0) is 4.74 Å². The first-order chi connectivity index (χ1) is 14.9. The molecule has 0 radical (unpaired) electrons. The fourth-order valence-electron chi connectivity index (χ4n) is 3.84. The van der Waals surface area contributed by atoms with E-state index in [4.69, 9.17) is 16.3 Å². The summed E-state index contributed by atoms with van der Waals surface area (Å²) in [6.07, 6.45) is 2.94. The quantitative estimate of drug-likeness (QED) is 0.542. The van der Waals surface area contributed by atoms with Gasteiger partial charge in [0.25, 0.3) is 5.82 Å². The van der Waals surface area contributed by atoms with E-state index in [2.05, 4.69) is 39.9 Å². The normalized spacial score (nSPS) is 14.8. The Bertz CT molecular complexity index is 1060. The first-order valence-electron chi connectivity index (χ1n) is 10.5. The Morgan fingerprint density at radius 3 is 2.58 bits per heavy atom. The second-order valence-electron chi connectivity index (χ2n) is 8.03. The number of hydrogen-bond donors (Lipinski definition) is 0. The molecule has 4 rings (SSSR count). The lowest BCUT2D eigenvalue weighted by Gasteiger charge is -2.32. The lowest BCUT2D eigenvalue weighted by molar-refractivity contribution is 0.0230. The monoisotopic (exact) mass is 439 g/mol. The van der Waals surface area contributed by atoms with Gasteiger partial charge in [0.05, 0.1) is 10.7 Å². The molecule has 1 saturated heterocycles. The minimum absolute atomic E-state index is 0.0952. The van der Waals surface area contributed by atoms with Crippen molar-refractivity contribution < 1.29 is 9.53 Å². The van der Waals surface area contributed by atoms with E-state index < -0.39 is 5.97 Å². The zero-order chi connectivity index (χ0) is 22.0. The smallest absolute Gasteiger partial charge is 0.378 e. The van der Waals surface area contributed by atoms with Crippen LogP contribution in [0.1, 0.15) is 54.6 Å². The topological polar surface area (TPSA) is 73.1 Å². The van der Waals surface area contributed by atoms with Crippen LogP contribution in [0.15, 0.2) is 42.6 Å². The predicted molar refractivity (Wildman–Crippen MR) is 120 cm³/mol. The second-order valence-corrected chi connectivity index (χ2v) is 8.47. The number of benzene rings is 1. The molecule has 7 nitrogen and oxygen atoms in total. The van der Waals surface area contributed by atoms with Crippen LogP contribution in [0.25, 0.3) is 5.69 Å². The van der Waals surface area contributed by atoms with Gasteiger partial charge in [-0.1, -0.05) is 43.6 Å². The number of hydrogen-bond acceptors (Lipinski definition) is 6. The van der Waals surface area contributed by atoms with Crippen molar-refractivity contribution in [3.63, 3.8) is 0 Å². The van der Waals surface area contributed by atoms with Gasteiger partial charge in [-0.3, -0.25) is 0 Å². The average Bonchev–Trinajstić information content (AvgIpc) is 3.16. The molecular weight excluding hydrogens is 414 g/mol. The third kappa shape index (κ3) is 4.71. The fourth-order valence-corrected chi connectivity index (χ4v) is 3.95. The summed E-state index contributed by atoms with van der Waals surface area (Å²) in [7, 11) is 0. The predicted octanol–water partition coefficient (Wildman–Crippen LogP) is 4.57. The van der Waals surface area contributed by atoms with Gasteiger partial charge in [0.1, 0.15) is 17.7 Å². The van der Waals surface area contributed by atoms with Crippen molar-refractivity contribution >= 4 is 23.4 Å². The van der Waals surface area contributed by atoms with Crippen LogP contribution in [-0.4, -0.2) is 44.9 Å². The number of esters is 1. The van der Waals surface area contributed by atoms with Crippen molar-refractivity contribution in [2.24, 2.45) is 0 Å². The Morgan fingerprint density at radius 2 is 1.90 bits per heavy atom. The van der Waals surface area contributed by atoms with Crippen LogP contribution in [0.2, 0.25) is 5.02 Å². The SMILES string of the molecule is Cc1nc(C(=O)OC2CCN(c3ccc(Cl)cn3)CC2)nn1-c1ccccc1C(C)C. The van der Waals surface area contributed by atoms with E-state index in [1.54, 1.807) is 10.9 Å². The van der Waals surface area contributed by atoms with Crippen LogP contribution >= 0.6 is 11.6 Å². The molecule has 0 bridgehead atoms. The van der Waals surface area contributed by atoms with Gasteiger partial charge in [-0.2, -0.15) is 0 Å². The summed E-state index contributed by atoms with van der Waals surface area (Å²) in [5.41, 5.74) is 2.09. The number of carbonyl (C=O) groups is 1. The van der Waals surface area contributed by atoms with E-state index in [1.165, 1.54) is 0 Å². The van der Waals surface area contributed by atoms with Gasteiger partial charge < -0.3 is 9.64 Å². The third-order valence-corrected chi connectivity index (χ3v) is 5.71. The highest BCUT2D eigenvalue weighted by molar-refractivity contribution is 6.30. The summed E-state index contributed by atoms with van der Waals surface area (Å²) < 4.78 is 7.44. The van der Waals surface area contributed by atoms with E-state index in [1.807, 2.05) is 37.3 Å². The first kappa shape index (κ1) is 21.3. The highest BCUT2D eigenvalue weighted by Gasteiger charge is 2.26. The zero-order valence-electron chi connectivity index (χ0n) is 18.0. The van der Waals surface area contributed by atoms with Crippen molar-refractivity contribution in [2.75, 3.05) is 18.0 Å². The van der Waals surface area contributed by atoms with Gasteiger partial charge >= 0.3 is 5.97 Å². The molecule has 1 aromatic carbocycles. The highest BCUT2D eigenvalue weighted by Crippen LogP contribution is 2.24. The molecule has 3 aromatic rings. The summed E-state index contributed by atoms with van der Waals surface area (Å²) in [4.78, 5) is 23.6. The number of pyridine rings is 1. The molecule has 31 heavy (non-hydrogen) atoms. The molecule has 0 N–H and O–H groups in total. The summed E-state index contributed by atoms with van der Waals surface area (Å²) in [5.74, 6) is 1.48. The molecule has 0 spiro atoms. The largest absolute Gasteiger partial charge is 0.456 e. The first-order valence-corrected chi connectivity index (χ1v) is 10.9. The van der Waals surface area contributed by atoms with Gasteiger partial charge in [-0.15, -0.1) is 5.10 Å². The van der Waals surface area contributed by atoms with E-state index >= 15 is 0 Å². The van der Waals surface area contributed by atoms with Crippen LogP contribution < -0.4 is 4.90 Å². The number of carbonyl (C=O) groups excluding carboxylic acids is 1. The molecule has 1 aliphatic rings. The molecule has 0 atom stereocenters. The minimum Gasteiger partial charge on any atom is -0.456 e. The molecule has 3 heterocycles. The number of nitrogens with zero attached hydrogens (tertiary/aromatic N) is 5. The summed E-state index contributed by atoms with van der Waals surface area (Å²) >= 11 is 5.91. The minimum atomic E-state index is -0.480. The molecule has 1 aliphatic heterocycles. The summed E-state index contributed by atoms with van der Waals surface area (Å²) in [5, 5.41) is 5.07. The lowest BCUT2D eigenvalue weighted by Crippen LogP contribution is -2.38. The number of piperidine rings is 1. The van der Waals surface area contributed by atoms with E-state index in [0.29, 0.717) is 16.8 Å². The van der Waals surface area contributed by atoms with Crippen LogP contribution in [0.4, 0.5) is 5.82 Å². The molecule has 0 saturated carbocycles. The second kappa shape index (κ2) is 9.06. The number of anilines is 1. The molecule has 162 valence electrons. The maximum absolute atomic E-state index is 12.7. The number of halogens is 1. The Kier molecular flexibility index (Phi) is 6.23. The Balaban J connectivity index is 1.41. The Morgan fingerprint density at radius 1 is 1.16 bits per heavy atom. The summed E-state index contributed by atoms with van der Waals surface area (Å²) in [6, 6.07) is 11.8. The van der Waals surface area contributed by atoms with Crippen molar-refractivity contribution in [3.05, 3.63) is 64.8 Å². The van der Waals surface area contributed by atoms with Crippen LogP contribution in [0.5, 0.6) is 0 Å². The number of aryl methyl sites for hydroxylation is 1. The van der Waals surface area contributed by atoms with Crippen LogP contribution in [0, 0.1) is 6.92 Å². The standard InChI is InChI=1S/C23H26ClN5O2/c1-15(2)19-6-4-5-7-20(19)29-16(3)26-22(27-29)23(30)31-18-10-12-28(13-11-18)21-9-8-17(24)14-25-21/h4-9,14-15,18H,10-13H2,1-3H3. The van der Waals surface area contributed by atoms with Crippen molar-refractivity contribution in [2.45, 2.75) is 45.6 Å². The maximum Gasteiger partial charge on any atom is 0.378 e. The summed E-state index contributed by atoms with van der Waals surface area (Å²) in [6.45, 7) is 7.63. The van der Waals surface area contributed by atoms with Crippen molar-refractivity contribution in [1.82, 2.24) is 19.7 Å². The van der Waals surface area contributed by atoms with Gasteiger partial charge in [-0.05, 0) is 36.6 Å². The van der Waals surface area contributed by atoms with E-state index in [-0.39, 0.29) is 11.9 Å². The van der Waals surface area contributed by atoms with Gasteiger partial charge in [0.2, 0.25) is 0 Å². The molecule has 0 aliphatic carbocycles. The number of para-hydroxylation sites is 1. The number of aromatic nitrogens is 4. The number of ether oxygens (including phenoxy) is 1. The highest BCUT2D eigenvalue weighted by atomic mass is 35.5. The third-order valence-electron chi connectivity index (χ3n) is 5.49. The van der Waals surface area contributed by atoms with E-state index in [9.17, 15) is 4.79 Å². The maximum atomic E-state index is 12.7. The molecule has 0 amide bonds. The Hall–Kier alpha value is -2.93.